The zero-order chi connectivity index (χ0) is 18.2. The molecule has 0 saturated carbocycles. The maximum absolute atomic E-state index is 12.3. The third-order valence-corrected chi connectivity index (χ3v) is 3.42. The van der Waals surface area contributed by atoms with Crippen LogP contribution >= 0.6 is 11.6 Å². The van der Waals surface area contributed by atoms with Gasteiger partial charge < -0.3 is 14.8 Å². The number of benzene rings is 2. The Balaban J connectivity index is 1.95. The van der Waals surface area contributed by atoms with E-state index in [2.05, 4.69) is 10.1 Å². The van der Waals surface area contributed by atoms with Crippen molar-refractivity contribution in [3.63, 3.8) is 0 Å². The number of hydrogen-bond donors (Lipinski definition) is 1. The van der Waals surface area contributed by atoms with E-state index in [0.717, 1.165) is 5.56 Å². The molecule has 0 heterocycles. The lowest BCUT2D eigenvalue weighted by Crippen LogP contribution is -2.20. The van der Waals surface area contributed by atoms with E-state index in [1.165, 1.54) is 25.3 Å². The quantitative estimate of drug-likeness (QED) is 0.743. The highest BCUT2D eigenvalue weighted by molar-refractivity contribution is 6.30. The molecule has 0 bridgehead atoms. The standard InChI is InChI=1S/C18H16ClF2NO3/c1-24-16-10-13(5-7-15(16)25-18(20)21)11-22-17(23)8-6-12-3-2-4-14(19)9-12/h2-10,18H,11H2,1H3,(H,22,23)/b8-6+. The highest BCUT2D eigenvalue weighted by atomic mass is 35.5. The van der Waals surface area contributed by atoms with Crippen molar-refractivity contribution in [2.75, 3.05) is 7.11 Å². The molecule has 0 aliphatic rings. The average Bonchev–Trinajstić information content (AvgIpc) is 2.58. The van der Waals surface area contributed by atoms with Crippen LogP contribution < -0.4 is 14.8 Å². The Morgan fingerprint density at radius 2 is 2.04 bits per heavy atom. The van der Waals surface area contributed by atoms with Gasteiger partial charge in [-0.25, -0.2) is 0 Å². The van der Waals surface area contributed by atoms with Gasteiger partial charge >= 0.3 is 6.61 Å². The number of hydrogen-bond acceptors (Lipinski definition) is 3. The molecule has 1 N–H and O–H groups in total. The number of rotatable bonds is 7. The third-order valence-electron chi connectivity index (χ3n) is 3.19. The van der Waals surface area contributed by atoms with Gasteiger partial charge in [-0.05, 0) is 41.5 Å². The number of alkyl halides is 2. The van der Waals surface area contributed by atoms with Gasteiger partial charge in [0.05, 0.1) is 7.11 Å². The minimum absolute atomic E-state index is 0.0616. The van der Waals surface area contributed by atoms with Gasteiger partial charge in [0.15, 0.2) is 11.5 Å². The van der Waals surface area contributed by atoms with E-state index >= 15 is 0 Å². The molecule has 0 aliphatic carbocycles. The second-order valence-electron chi connectivity index (χ2n) is 4.97. The van der Waals surface area contributed by atoms with Crippen molar-refractivity contribution < 1.29 is 23.0 Å². The number of carbonyl (C=O) groups excluding carboxylic acids is 1. The Bertz CT molecular complexity index is 766. The molecule has 0 spiro atoms. The molecule has 2 aromatic carbocycles. The maximum atomic E-state index is 12.3. The summed E-state index contributed by atoms with van der Waals surface area (Å²) >= 11 is 5.87. The van der Waals surface area contributed by atoms with Gasteiger partial charge in [-0.3, -0.25) is 4.79 Å². The Hall–Kier alpha value is -2.60. The number of carbonyl (C=O) groups is 1. The van der Waals surface area contributed by atoms with E-state index in [9.17, 15) is 13.6 Å². The summed E-state index contributed by atoms with van der Waals surface area (Å²) in [5.74, 6) is -0.193. The first-order chi connectivity index (χ1) is 12.0. The van der Waals surface area contributed by atoms with Crippen LogP contribution in [0, 0.1) is 0 Å². The molecule has 0 aliphatic heterocycles. The van der Waals surface area contributed by atoms with Crippen molar-refractivity contribution in [3.05, 3.63) is 64.7 Å². The molecule has 0 aromatic heterocycles. The predicted octanol–water partition coefficient (Wildman–Crippen LogP) is 4.28. The summed E-state index contributed by atoms with van der Waals surface area (Å²) in [5.41, 5.74) is 1.49. The molecule has 25 heavy (non-hydrogen) atoms. The van der Waals surface area contributed by atoms with E-state index in [-0.39, 0.29) is 24.0 Å². The van der Waals surface area contributed by atoms with E-state index in [1.807, 2.05) is 6.07 Å². The molecule has 0 unspecified atom stereocenters. The number of amides is 1. The summed E-state index contributed by atoms with van der Waals surface area (Å²) < 4.78 is 33.9. The lowest BCUT2D eigenvalue weighted by molar-refractivity contribution is -0.116. The molecule has 0 fully saturated rings. The van der Waals surface area contributed by atoms with Crippen molar-refractivity contribution in [2.24, 2.45) is 0 Å². The second-order valence-corrected chi connectivity index (χ2v) is 5.41. The number of ether oxygens (including phenoxy) is 2. The highest BCUT2D eigenvalue weighted by Gasteiger charge is 2.11. The molecular formula is C18H16ClF2NO3. The van der Waals surface area contributed by atoms with Crippen LogP contribution in [0.5, 0.6) is 11.5 Å². The Labute approximate surface area is 149 Å². The fraction of sp³-hybridized carbons (Fsp3) is 0.167. The second kappa shape index (κ2) is 9.03. The Kier molecular flexibility index (Phi) is 6.77. The first-order valence-corrected chi connectivity index (χ1v) is 7.69. The zero-order valence-corrected chi connectivity index (χ0v) is 14.1. The van der Waals surface area contributed by atoms with E-state index in [1.54, 1.807) is 30.3 Å². The first-order valence-electron chi connectivity index (χ1n) is 7.31. The van der Waals surface area contributed by atoms with Crippen LogP contribution in [0.3, 0.4) is 0 Å². The number of methoxy groups -OCH3 is 1. The zero-order valence-electron chi connectivity index (χ0n) is 13.3. The van der Waals surface area contributed by atoms with Crippen molar-refractivity contribution in [2.45, 2.75) is 13.2 Å². The van der Waals surface area contributed by atoms with Crippen molar-refractivity contribution in [1.82, 2.24) is 5.32 Å². The molecule has 2 rings (SSSR count). The van der Waals surface area contributed by atoms with Gasteiger partial charge in [0.2, 0.25) is 5.91 Å². The van der Waals surface area contributed by atoms with E-state index < -0.39 is 6.61 Å². The van der Waals surface area contributed by atoms with Gasteiger partial charge in [-0.2, -0.15) is 8.78 Å². The molecular weight excluding hydrogens is 352 g/mol. The Morgan fingerprint density at radius 3 is 2.72 bits per heavy atom. The molecule has 0 radical (unpaired) electrons. The summed E-state index contributed by atoms with van der Waals surface area (Å²) in [6, 6.07) is 11.6. The summed E-state index contributed by atoms with van der Waals surface area (Å²) in [6.45, 7) is -2.72. The van der Waals surface area contributed by atoms with Crippen molar-refractivity contribution in [1.29, 1.82) is 0 Å². The Morgan fingerprint density at radius 1 is 1.24 bits per heavy atom. The van der Waals surface area contributed by atoms with Gasteiger partial charge in [0.1, 0.15) is 0 Å². The van der Waals surface area contributed by atoms with Gasteiger partial charge in [-0.15, -0.1) is 0 Å². The molecule has 4 nitrogen and oxygen atoms in total. The van der Waals surface area contributed by atoms with Crippen LogP contribution in [0.15, 0.2) is 48.5 Å². The lowest BCUT2D eigenvalue weighted by atomic mass is 10.2. The SMILES string of the molecule is COc1cc(CNC(=O)/C=C/c2cccc(Cl)c2)ccc1OC(F)F. The highest BCUT2D eigenvalue weighted by Crippen LogP contribution is 2.29. The fourth-order valence-corrected chi connectivity index (χ4v) is 2.24. The predicted molar refractivity (Wildman–Crippen MR) is 92.0 cm³/mol. The number of halogens is 3. The maximum Gasteiger partial charge on any atom is 0.387 e. The summed E-state index contributed by atoms with van der Waals surface area (Å²) in [7, 11) is 1.35. The largest absolute Gasteiger partial charge is 0.493 e. The molecule has 1 amide bonds. The molecule has 7 heteroatoms. The van der Waals surface area contributed by atoms with Crippen molar-refractivity contribution in [3.8, 4) is 11.5 Å². The number of nitrogens with one attached hydrogen (secondary N) is 1. The van der Waals surface area contributed by atoms with E-state index in [0.29, 0.717) is 10.6 Å². The van der Waals surface area contributed by atoms with Crippen LogP contribution in [0.2, 0.25) is 5.02 Å². The van der Waals surface area contributed by atoms with Crippen LogP contribution in [-0.4, -0.2) is 19.6 Å². The fourth-order valence-electron chi connectivity index (χ4n) is 2.05. The first kappa shape index (κ1) is 18.7. The van der Waals surface area contributed by atoms with Crippen molar-refractivity contribution >= 4 is 23.6 Å². The van der Waals surface area contributed by atoms with Crippen LogP contribution in [0.4, 0.5) is 8.78 Å². The third kappa shape index (κ3) is 6.08. The summed E-state index contributed by atoms with van der Waals surface area (Å²) in [6.07, 6.45) is 3.03. The summed E-state index contributed by atoms with van der Waals surface area (Å²) in [4.78, 5) is 11.9. The van der Waals surface area contributed by atoms with Crippen LogP contribution in [0.25, 0.3) is 6.08 Å². The minimum Gasteiger partial charge on any atom is -0.493 e. The smallest absolute Gasteiger partial charge is 0.387 e. The normalized spacial score (nSPS) is 10.9. The summed E-state index contributed by atoms with van der Waals surface area (Å²) in [5, 5.41) is 3.28. The molecule has 0 atom stereocenters. The van der Waals surface area contributed by atoms with Gasteiger partial charge in [0, 0.05) is 17.6 Å². The minimum atomic E-state index is -2.93. The van der Waals surface area contributed by atoms with Gasteiger partial charge in [-0.1, -0.05) is 29.8 Å². The van der Waals surface area contributed by atoms with Gasteiger partial charge in [0.25, 0.3) is 0 Å². The topological polar surface area (TPSA) is 47.6 Å². The molecule has 2 aromatic rings. The van der Waals surface area contributed by atoms with E-state index in [4.69, 9.17) is 16.3 Å². The molecule has 0 saturated heterocycles. The molecule has 132 valence electrons. The lowest BCUT2D eigenvalue weighted by Gasteiger charge is -2.11. The van der Waals surface area contributed by atoms with Crippen LogP contribution in [0.1, 0.15) is 11.1 Å². The monoisotopic (exact) mass is 367 g/mol. The average molecular weight is 368 g/mol. The van der Waals surface area contributed by atoms with Crippen LogP contribution in [-0.2, 0) is 11.3 Å².